The van der Waals surface area contributed by atoms with Gasteiger partial charge in [0.1, 0.15) is 6.04 Å². The minimum atomic E-state index is -0.811. The Balaban J connectivity index is 1.77. The predicted octanol–water partition coefficient (Wildman–Crippen LogP) is 2.72. The first-order valence-electron chi connectivity index (χ1n) is 9.60. The third-order valence-electron chi connectivity index (χ3n) is 4.42. The maximum atomic E-state index is 12.1. The van der Waals surface area contributed by atoms with Crippen LogP contribution >= 0.6 is 0 Å². The van der Waals surface area contributed by atoms with Gasteiger partial charge in [-0.25, -0.2) is 0 Å². The van der Waals surface area contributed by atoms with Crippen LogP contribution in [0.2, 0.25) is 0 Å². The van der Waals surface area contributed by atoms with E-state index in [1.54, 1.807) is 6.08 Å². The van der Waals surface area contributed by atoms with E-state index in [0.717, 1.165) is 11.1 Å². The summed E-state index contributed by atoms with van der Waals surface area (Å²) in [6.45, 7) is 1.88. The second-order valence-corrected chi connectivity index (χ2v) is 6.77. The van der Waals surface area contributed by atoms with Crippen LogP contribution in [0.5, 0.6) is 0 Å². The van der Waals surface area contributed by atoms with Crippen LogP contribution in [0.15, 0.2) is 66.7 Å². The van der Waals surface area contributed by atoms with Gasteiger partial charge in [0.05, 0.1) is 6.04 Å². The van der Waals surface area contributed by atoms with Gasteiger partial charge in [0.15, 0.2) is 0 Å². The van der Waals surface area contributed by atoms with Crippen molar-refractivity contribution in [2.75, 3.05) is 0 Å². The molecule has 2 rings (SSSR count). The van der Waals surface area contributed by atoms with Crippen LogP contribution in [-0.2, 0) is 14.4 Å². The zero-order valence-corrected chi connectivity index (χ0v) is 16.5. The summed E-state index contributed by atoms with van der Waals surface area (Å²) in [4.78, 5) is 35.8. The SMILES string of the molecule is C[C@@H](NC(=O)CCC(=O)N[C@@H](C/C=C/c1ccccc1)C(N)=O)c1ccccc1. The molecule has 29 heavy (non-hydrogen) atoms. The van der Waals surface area contributed by atoms with E-state index in [1.165, 1.54) is 0 Å². The normalized spacial score (nSPS) is 12.9. The van der Waals surface area contributed by atoms with E-state index in [9.17, 15) is 14.4 Å². The van der Waals surface area contributed by atoms with Crippen LogP contribution < -0.4 is 16.4 Å². The summed E-state index contributed by atoms with van der Waals surface area (Å²) in [5, 5.41) is 5.46. The highest BCUT2D eigenvalue weighted by atomic mass is 16.2. The molecule has 0 bridgehead atoms. The molecule has 0 heterocycles. The molecule has 2 atom stereocenters. The van der Waals surface area contributed by atoms with E-state index < -0.39 is 11.9 Å². The summed E-state index contributed by atoms with van der Waals surface area (Å²) in [5.41, 5.74) is 7.37. The molecule has 152 valence electrons. The van der Waals surface area contributed by atoms with Crippen LogP contribution in [0.1, 0.15) is 43.4 Å². The molecule has 0 saturated carbocycles. The molecule has 0 aliphatic rings. The quantitative estimate of drug-likeness (QED) is 0.578. The van der Waals surface area contributed by atoms with Crippen molar-refractivity contribution in [1.82, 2.24) is 10.6 Å². The third kappa shape index (κ3) is 8.01. The van der Waals surface area contributed by atoms with Crippen LogP contribution in [0, 0.1) is 0 Å². The fraction of sp³-hybridized carbons (Fsp3) is 0.261. The van der Waals surface area contributed by atoms with Gasteiger partial charge < -0.3 is 16.4 Å². The molecular formula is C23H27N3O3. The van der Waals surface area contributed by atoms with Crippen molar-refractivity contribution in [1.29, 1.82) is 0 Å². The summed E-state index contributed by atoms with van der Waals surface area (Å²) >= 11 is 0. The maximum absolute atomic E-state index is 12.1. The topological polar surface area (TPSA) is 101 Å². The zero-order chi connectivity index (χ0) is 21.1. The third-order valence-corrected chi connectivity index (χ3v) is 4.42. The van der Waals surface area contributed by atoms with Gasteiger partial charge in [-0.15, -0.1) is 0 Å². The van der Waals surface area contributed by atoms with E-state index in [1.807, 2.05) is 73.7 Å². The van der Waals surface area contributed by atoms with Crippen LogP contribution in [0.3, 0.4) is 0 Å². The highest BCUT2D eigenvalue weighted by Crippen LogP contribution is 2.11. The summed E-state index contributed by atoms with van der Waals surface area (Å²) in [6, 6.07) is 18.2. The lowest BCUT2D eigenvalue weighted by molar-refractivity contribution is -0.129. The number of nitrogens with two attached hydrogens (primary N) is 1. The Kier molecular flexibility index (Phi) is 8.63. The van der Waals surface area contributed by atoms with E-state index in [4.69, 9.17) is 5.73 Å². The fourth-order valence-electron chi connectivity index (χ4n) is 2.78. The van der Waals surface area contributed by atoms with Gasteiger partial charge in [-0.3, -0.25) is 14.4 Å². The summed E-state index contributed by atoms with van der Waals surface area (Å²) in [6.07, 6.45) is 3.96. The number of benzene rings is 2. The standard InChI is InChI=1S/C23H27N3O3/c1-17(19-12-6-3-7-13-19)25-21(27)15-16-22(28)26-20(23(24)29)14-8-11-18-9-4-2-5-10-18/h2-13,17,20H,14-16H2,1H3,(H2,24,29)(H,25,27)(H,26,28)/b11-8+/t17-,20+/m1/s1. The number of nitrogens with one attached hydrogen (secondary N) is 2. The molecule has 6 heteroatoms. The largest absolute Gasteiger partial charge is 0.368 e. The number of primary amides is 1. The number of carbonyl (C=O) groups excluding carboxylic acids is 3. The average Bonchev–Trinajstić information content (AvgIpc) is 2.73. The lowest BCUT2D eigenvalue weighted by Crippen LogP contribution is -2.44. The lowest BCUT2D eigenvalue weighted by Gasteiger charge is -2.15. The monoisotopic (exact) mass is 393 g/mol. The van der Waals surface area contributed by atoms with Crippen molar-refractivity contribution in [2.45, 2.75) is 38.3 Å². The molecule has 0 aliphatic heterocycles. The van der Waals surface area contributed by atoms with Crippen molar-refractivity contribution in [2.24, 2.45) is 5.73 Å². The molecule has 0 unspecified atom stereocenters. The van der Waals surface area contributed by atoms with Crippen molar-refractivity contribution in [3.8, 4) is 0 Å². The molecule has 0 spiro atoms. The smallest absolute Gasteiger partial charge is 0.240 e. The molecule has 2 aromatic rings. The fourth-order valence-corrected chi connectivity index (χ4v) is 2.78. The van der Waals surface area contributed by atoms with Crippen molar-refractivity contribution in [3.63, 3.8) is 0 Å². The Hall–Kier alpha value is -3.41. The summed E-state index contributed by atoms with van der Waals surface area (Å²) < 4.78 is 0. The van der Waals surface area contributed by atoms with E-state index >= 15 is 0 Å². The van der Waals surface area contributed by atoms with Crippen molar-refractivity contribution in [3.05, 3.63) is 77.9 Å². The van der Waals surface area contributed by atoms with Crippen molar-refractivity contribution >= 4 is 23.8 Å². The molecule has 0 radical (unpaired) electrons. The molecule has 0 aromatic heterocycles. The Morgan fingerprint density at radius 2 is 1.45 bits per heavy atom. The molecule has 3 amide bonds. The maximum Gasteiger partial charge on any atom is 0.240 e. The van der Waals surface area contributed by atoms with Gasteiger partial charge in [0.25, 0.3) is 0 Å². The van der Waals surface area contributed by atoms with Crippen LogP contribution in [0.25, 0.3) is 6.08 Å². The van der Waals surface area contributed by atoms with Crippen LogP contribution in [0.4, 0.5) is 0 Å². The summed E-state index contributed by atoms with van der Waals surface area (Å²) in [5.74, 6) is -1.22. The van der Waals surface area contributed by atoms with Gasteiger partial charge in [-0.1, -0.05) is 72.8 Å². The Bertz CT molecular complexity index is 835. The van der Waals surface area contributed by atoms with Gasteiger partial charge in [-0.05, 0) is 24.5 Å². The first kappa shape index (κ1) is 21.9. The molecule has 6 nitrogen and oxygen atoms in total. The molecule has 0 saturated heterocycles. The molecule has 2 aromatic carbocycles. The molecule has 0 aliphatic carbocycles. The minimum Gasteiger partial charge on any atom is -0.368 e. The number of carbonyl (C=O) groups is 3. The minimum absolute atomic E-state index is 0.0144. The zero-order valence-electron chi connectivity index (χ0n) is 16.5. The Morgan fingerprint density at radius 1 is 0.897 bits per heavy atom. The number of hydrogen-bond donors (Lipinski definition) is 3. The van der Waals surface area contributed by atoms with Gasteiger partial charge >= 0.3 is 0 Å². The second-order valence-electron chi connectivity index (χ2n) is 6.77. The molecular weight excluding hydrogens is 366 g/mol. The van der Waals surface area contributed by atoms with Crippen molar-refractivity contribution < 1.29 is 14.4 Å². The lowest BCUT2D eigenvalue weighted by atomic mass is 10.1. The average molecular weight is 393 g/mol. The van der Waals surface area contributed by atoms with Gasteiger partial charge in [0.2, 0.25) is 17.7 Å². The van der Waals surface area contributed by atoms with E-state index in [0.29, 0.717) is 0 Å². The summed E-state index contributed by atoms with van der Waals surface area (Å²) in [7, 11) is 0. The van der Waals surface area contributed by atoms with E-state index in [2.05, 4.69) is 10.6 Å². The number of amides is 3. The van der Waals surface area contributed by atoms with Gasteiger partial charge in [0, 0.05) is 12.8 Å². The molecule has 0 fully saturated rings. The number of rotatable bonds is 10. The number of hydrogen-bond acceptors (Lipinski definition) is 3. The van der Waals surface area contributed by atoms with Gasteiger partial charge in [-0.2, -0.15) is 0 Å². The molecule has 4 N–H and O–H groups in total. The first-order valence-corrected chi connectivity index (χ1v) is 9.60. The predicted molar refractivity (Wildman–Crippen MR) is 113 cm³/mol. The second kappa shape index (κ2) is 11.4. The Labute approximate surface area is 171 Å². The Morgan fingerprint density at radius 3 is 2.03 bits per heavy atom. The highest BCUT2D eigenvalue weighted by Gasteiger charge is 2.17. The first-order chi connectivity index (χ1) is 14.0. The van der Waals surface area contributed by atoms with E-state index in [-0.39, 0.29) is 37.1 Å². The highest BCUT2D eigenvalue weighted by molar-refractivity contribution is 5.88. The van der Waals surface area contributed by atoms with Crippen LogP contribution in [-0.4, -0.2) is 23.8 Å².